The first-order chi connectivity index (χ1) is 9.20. The summed E-state index contributed by atoms with van der Waals surface area (Å²) >= 11 is 0. The van der Waals surface area contributed by atoms with Crippen molar-refractivity contribution < 1.29 is 13.9 Å². The Hall–Kier alpha value is -1.29. The minimum atomic E-state index is -0.319. The molecule has 1 aromatic rings. The molecule has 0 saturated carbocycles. The molecule has 4 heteroatoms. The molecule has 1 aliphatic heterocycles. The van der Waals surface area contributed by atoms with Crippen LogP contribution in [0.4, 0.5) is 0 Å². The fourth-order valence-electron chi connectivity index (χ4n) is 2.63. The largest absolute Gasteiger partial charge is 0.465 e. The molecule has 19 heavy (non-hydrogen) atoms. The van der Waals surface area contributed by atoms with Crippen molar-refractivity contribution in [2.75, 3.05) is 20.2 Å². The average molecular weight is 265 g/mol. The number of aryl methyl sites for hydroxylation is 1. The third-order valence-electron chi connectivity index (χ3n) is 3.70. The first kappa shape index (κ1) is 14.1. The Morgan fingerprint density at radius 1 is 1.26 bits per heavy atom. The van der Waals surface area contributed by atoms with Crippen LogP contribution in [0.5, 0.6) is 0 Å². The molecule has 1 saturated heterocycles. The number of carbonyl (C=O) groups excluding carboxylic acids is 1. The summed E-state index contributed by atoms with van der Waals surface area (Å²) < 4.78 is 10.4. The molecule has 1 fully saturated rings. The lowest BCUT2D eigenvalue weighted by molar-refractivity contribution is 0.0599. The smallest absolute Gasteiger partial charge is 0.341 e. The van der Waals surface area contributed by atoms with E-state index in [0.29, 0.717) is 11.3 Å². The van der Waals surface area contributed by atoms with E-state index < -0.39 is 0 Å². The van der Waals surface area contributed by atoms with Crippen molar-refractivity contribution in [1.29, 1.82) is 0 Å². The Morgan fingerprint density at radius 3 is 2.53 bits per heavy atom. The van der Waals surface area contributed by atoms with Gasteiger partial charge >= 0.3 is 5.97 Å². The van der Waals surface area contributed by atoms with E-state index in [4.69, 9.17) is 9.15 Å². The van der Waals surface area contributed by atoms with E-state index in [1.54, 1.807) is 0 Å². The van der Waals surface area contributed by atoms with Crippen LogP contribution in [0.15, 0.2) is 10.5 Å². The van der Waals surface area contributed by atoms with Gasteiger partial charge in [-0.2, -0.15) is 0 Å². The summed E-state index contributed by atoms with van der Waals surface area (Å²) in [6.45, 7) is 4.83. The highest BCUT2D eigenvalue weighted by molar-refractivity contribution is 5.90. The monoisotopic (exact) mass is 265 g/mol. The van der Waals surface area contributed by atoms with Crippen molar-refractivity contribution in [3.05, 3.63) is 23.2 Å². The fraction of sp³-hybridized carbons (Fsp3) is 0.667. The third-order valence-corrected chi connectivity index (χ3v) is 3.70. The summed E-state index contributed by atoms with van der Waals surface area (Å²) in [7, 11) is 1.40. The first-order valence-electron chi connectivity index (χ1n) is 7.10. The van der Waals surface area contributed by atoms with Crippen molar-refractivity contribution in [3.8, 4) is 0 Å². The second-order valence-electron chi connectivity index (χ2n) is 5.22. The van der Waals surface area contributed by atoms with Crippen LogP contribution in [0.25, 0.3) is 0 Å². The molecule has 2 heterocycles. The van der Waals surface area contributed by atoms with Crippen molar-refractivity contribution in [2.45, 2.75) is 45.6 Å². The SMILES string of the molecule is COC(=O)c1cc(CN2CCCCCCC2)oc1C. The standard InChI is InChI=1S/C15H23NO3/c1-12-14(15(17)18-2)10-13(19-12)11-16-8-6-4-3-5-7-9-16/h10H,3-9,11H2,1-2H3. The summed E-state index contributed by atoms with van der Waals surface area (Å²) in [5.41, 5.74) is 0.546. The van der Waals surface area contributed by atoms with Crippen LogP contribution in [0.1, 0.15) is 54.0 Å². The molecular weight excluding hydrogens is 242 g/mol. The van der Waals surface area contributed by atoms with E-state index in [-0.39, 0.29) is 5.97 Å². The number of methoxy groups -OCH3 is 1. The van der Waals surface area contributed by atoms with Crippen LogP contribution < -0.4 is 0 Å². The van der Waals surface area contributed by atoms with Crippen molar-refractivity contribution in [1.82, 2.24) is 4.90 Å². The minimum Gasteiger partial charge on any atom is -0.465 e. The lowest BCUT2D eigenvalue weighted by Crippen LogP contribution is -2.26. The summed E-state index contributed by atoms with van der Waals surface area (Å²) in [5, 5.41) is 0. The van der Waals surface area contributed by atoms with E-state index in [9.17, 15) is 4.79 Å². The zero-order valence-corrected chi connectivity index (χ0v) is 11.9. The zero-order chi connectivity index (χ0) is 13.7. The number of hydrogen-bond donors (Lipinski definition) is 0. The third kappa shape index (κ3) is 3.83. The van der Waals surface area contributed by atoms with E-state index in [2.05, 4.69) is 4.90 Å². The molecule has 1 aromatic heterocycles. The van der Waals surface area contributed by atoms with Crippen molar-refractivity contribution in [2.24, 2.45) is 0 Å². The molecule has 1 aliphatic rings. The van der Waals surface area contributed by atoms with Crippen molar-refractivity contribution in [3.63, 3.8) is 0 Å². The molecule has 4 nitrogen and oxygen atoms in total. The second kappa shape index (κ2) is 6.75. The molecule has 0 unspecified atom stereocenters. The minimum absolute atomic E-state index is 0.319. The highest BCUT2D eigenvalue weighted by Crippen LogP contribution is 2.19. The van der Waals surface area contributed by atoms with Gasteiger partial charge in [0.1, 0.15) is 17.1 Å². The molecule has 0 atom stereocenters. The molecule has 0 aromatic carbocycles. The maximum absolute atomic E-state index is 11.5. The number of carbonyl (C=O) groups is 1. The molecule has 0 bridgehead atoms. The van der Waals surface area contributed by atoms with Gasteiger partial charge in [-0.15, -0.1) is 0 Å². The highest BCUT2D eigenvalue weighted by atomic mass is 16.5. The van der Waals surface area contributed by atoms with Gasteiger partial charge in [-0.3, -0.25) is 4.90 Å². The molecule has 0 radical (unpaired) electrons. The molecule has 0 aliphatic carbocycles. The molecule has 106 valence electrons. The first-order valence-corrected chi connectivity index (χ1v) is 7.10. The topological polar surface area (TPSA) is 42.7 Å². The molecule has 2 rings (SSSR count). The van der Waals surface area contributed by atoms with Crippen LogP contribution in [0, 0.1) is 6.92 Å². The summed E-state index contributed by atoms with van der Waals surface area (Å²) in [6, 6.07) is 1.82. The van der Waals surface area contributed by atoms with Crippen LogP contribution in [0.2, 0.25) is 0 Å². The average Bonchev–Trinajstić information content (AvgIpc) is 2.72. The number of ether oxygens (including phenoxy) is 1. The van der Waals surface area contributed by atoms with Crippen LogP contribution >= 0.6 is 0 Å². The Morgan fingerprint density at radius 2 is 1.89 bits per heavy atom. The summed E-state index contributed by atoms with van der Waals surface area (Å²) in [4.78, 5) is 14.0. The number of esters is 1. The van der Waals surface area contributed by atoms with E-state index in [1.807, 2.05) is 13.0 Å². The predicted octanol–water partition coefficient (Wildman–Crippen LogP) is 3.14. The van der Waals surface area contributed by atoms with E-state index >= 15 is 0 Å². The predicted molar refractivity (Wildman–Crippen MR) is 73.1 cm³/mol. The molecular formula is C15H23NO3. The number of hydrogen-bond acceptors (Lipinski definition) is 4. The highest BCUT2D eigenvalue weighted by Gasteiger charge is 2.17. The second-order valence-corrected chi connectivity index (χ2v) is 5.22. The van der Waals surface area contributed by atoms with Gasteiger partial charge in [0.15, 0.2) is 0 Å². The van der Waals surface area contributed by atoms with E-state index in [1.165, 1.54) is 39.2 Å². The number of furan rings is 1. The molecule has 0 N–H and O–H groups in total. The van der Waals surface area contributed by atoms with Gasteiger partial charge in [0.25, 0.3) is 0 Å². The van der Waals surface area contributed by atoms with Gasteiger partial charge in [0.2, 0.25) is 0 Å². The summed E-state index contributed by atoms with van der Waals surface area (Å²) in [6.07, 6.45) is 6.51. The molecule has 0 amide bonds. The van der Waals surface area contributed by atoms with Gasteiger partial charge in [0.05, 0.1) is 13.7 Å². The van der Waals surface area contributed by atoms with Gasteiger partial charge in [-0.05, 0) is 38.9 Å². The van der Waals surface area contributed by atoms with Crippen LogP contribution in [-0.4, -0.2) is 31.1 Å². The molecule has 0 spiro atoms. The lowest BCUT2D eigenvalue weighted by atomic mass is 10.1. The van der Waals surface area contributed by atoms with Gasteiger partial charge < -0.3 is 9.15 Å². The zero-order valence-electron chi connectivity index (χ0n) is 11.9. The quantitative estimate of drug-likeness (QED) is 0.787. The Labute approximate surface area is 114 Å². The van der Waals surface area contributed by atoms with Gasteiger partial charge in [-0.25, -0.2) is 4.79 Å². The number of nitrogens with zero attached hydrogens (tertiary/aromatic N) is 1. The van der Waals surface area contributed by atoms with Crippen molar-refractivity contribution >= 4 is 5.97 Å². The Kier molecular flexibility index (Phi) is 5.02. The van der Waals surface area contributed by atoms with Gasteiger partial charge in [0, 0.05) is 0 Å². The normalized spacial score (nSPS) is 17.8. The Balaban J connectivity index is 1.99. The summed E-state index contributed by atoms with van der Waals surface area (Å²) in [5.74, 6) is 1.19. The number of rotatable bonds is 3. The number of likely N-dealkylation sites (tertiary alicyclic amines) is 1. The fourth-order valence-corrected chi connectivity index (χ4v) is 2.63. The van der Waals surface area contributed by atoms with Crippen LogP contribution in [-0.2, 0) is 11.3 Å². The van der Waals surface area contributed by atoms with Gasteiger partial charge in [-0.1, -0.05) is 19.3 Å². The maximum atomic E-state index is 11.5. The van der Waals surface area contributed by atoms with Crippen LogP contribution in [0.3, 0.4) is 0 Å². The Bertz CT molecular complexity index is 417. The van der Waals surface area contributed by atoms with E-state index in [0.717, 1.165) is 25.4 Å². The lowest BCUT2D eigenvalue weighted by Gasteiger charge is -2.23. The maximum Gasteiger partial charge on any atom is 0.341 e.